The zero-order chi connectivity index (χ0) is 17.9. The second kappa shape index (κ2) is 9.02. The van der Waals surface area contributed by atoms with Gasteiger partial charge in [-0.15, -0.1) is 23.4 Å². The van der Waals surface area contributed by atoms with Crippen LogP contribution in [0.15, 0.2) is 0 Å². The van der Waals surface area contributed by atoms with Crippen molar-refractivity contribution >= 4 is 29.3 Å². The van der Waals surface area contributed by atoms with Gasteiger partial charge in [-0.05, 0) is 39.1 Å². The van der Waals surface area contributed by atoms with Gasteiger partial charge < -0.3 is 30.7 Å². The summed E-state index contributed by atoms with van der Waals surface area (Å²) in [4.78, 5) is 12.5. The van der Waals surface area contributed by atoms with Crippen molar-refractivity contribution in [3.05, 3.63) is 0 Å². The highest BCUT2D eigenvalue weighted by atomic mass is 35.5. The Hall–Kier alpha value is -0.0900. The van der Waals surface area contributed by atoms with Crippen molar-refractivity contribution in [3.8, 4) is 0 Å². The second-order valence-corrected chi connectivity index (χ2v) is 8.04. The molecule has 5 N–H and O–H groups in total. The number of halogens is 1. The minimum atomic E-state index is -1.35. The van der Waals surface area contributed by atoms with Crippen LogP contribution < -0.4 is 10.6 Å². The Morgan fingerprint density at radius 1 is 1.25 bits per heavy atom. The number of carbonyl (C=O) groups is 1. The summed E-state index contributed by atoms with van der Waals surface area (Å²) in [7, 11) is 0. The average molecular weight is 383 g/mol. The molecular weight excluding hydrogens is 356 g/mol. The lowest BCUT2D eigenvalue weighted by molar-refractivity contribution is -0.205. The fraction of sp³-hybridized carbons (Fsp3) is 0.933. The van der Waals surface area contributed by atoms with Crippen LogP contribution in [0.1, 0.15) is 19.8 Å². The van der Waals surface area contributed by atoms with Crippen molar-refractivity contribution in [2.45, 2.75) is 61.0 Å². The summed E-state index contributed by atoms with van der Waals surface area (Å²) in [5.74, 6) is -0.220. The third-order valence-electron chi connectivity index (χ3n) is 4.71. The molecule has 0 aromatic heterocycles. The molecule has 2 aliphatic rings. The summed E-state index contributed by atoms with van der Waals surface area (Å²) in [6, 6.07) is -0.666. The normalized spacial score (nSPS) is 37.7. The van der Waals surface area contributed by atoms with Crippen molar-refractivity contribution in [3.63, 3.8) is 0 Å². The molecule has 0 aromatic carbocycles. The monoisotopic (exact) mass is 382 g/mol. The summed E-state index contributed by atoms with van der Waals surface area (Å²) >= 11 is 7.46. The molecule has 24 heavy (non-hydrogen) atoms. The number of amides is 1. The Labute approximate surface area is 151 Å². The molecule has 9 heteroatoms. The first-order valence-electron chi connectivity index (χ1n) is 8.24. The molecule has 0 radical (unpaired) electrons. The Morgan fingerprint density at radius 3 is 2.42 bits per heavy atom. The highest BCUT2D eigenvalue weighted by Gasteiger charge is 2.48. The summed E-state index contributed by atoms with van der Waals surface area (Å²) in [5.41, 5.74) is -0.693. The minimum absolute atomic E-state index is 0.100. The van der Waals surface area contributed by atoms with Crippen molar-refractivity contribution in [2.24, 2.45) is 5.92 Å². The van der Waals surface area contributed by atoms with Crippen molar-refractivity contribution in [1.82, 2.24) is 10.6 Å². The van der Waals surface area contributed by atoms with Crippen LogP contribution in [0.25, 0.3) is 0 Å². The van der Waals surface area contributed by atoms with Gasteiger partial charge in [-0.3, -0.25) is 4.79 Å². The van der Waals surface area contributed by atoms with E-state index in [2.05, 4.69) is 10.6 Å². The van der Waals surface area contributed by atoms with E-state index in [4.69, 9.17) is 16.3 Å². The summed E-state index contributed by atoms with van der Waals surface area (Å²) in [6.45, 7) is 3.29. The van der Waals surface area contributed by atoms with Crippen LogP contribution in [0, 0.1) is 5.92 Å². The molecule has 2 aliphatic heterocycles. The van der Waals surface area contributed by atoms with Crippen LogP contribution in [0.3, 0.4) is 0 Å². The number of hydrogen-bond acceptors (Lipinski definition) is 7. The van der Waals surface area contributed by atoms with E-state index in [1.165, 1.54) is 11.8 Å². The van der Waals surface area contributed by atoms with Crippen LogP contribution in [-0.2, 0) is 9.53 Å². The lowest BCUT2D eigenvalue weighted by atomic mass is 9.91. The quantitative estimate of drug-likeness (QED) is 0.398. The largest absolute Gasteiger partial charge is 0.388 e. The highest BCUT2D eigenvalue weighted by molar-refractivity contribution is 7.99. The Bertz CT molecular complexity index is 423. The van der Waals surface area contributed by atoms with Crippen LogP contribution in [0.4, 0.5) is 0 Å². The molecule has 140 valence electrons. The smallest absolute Gasteiger partial charge is 0.223 e. The summed E-state index contributed by atoms with van der Waals surface area (Å²) in [6.07, 6.45) is -1.53. The van der Waals surface area contributed by atoms with Gasteiger partial charge in [0.05, 0.1) is 11.4 Å². The summed E-state index contributed by atoms with van der Waals surface area (Å²) < 4.78 is 5.73. The molecule has 2 heterocycles. The number of nitrogens with one attached hydrogen (secondary N) is 2. The predicted molar refractivity (Wildman–Crippen MR) is 93.0 cm³/mol. The third kappa shape index (κ3) is 4.55. The molecule has 0 aromatic rings. The number of rotatable bonds is 5. The van der Waals surface area contributed by atoms with Crippen molar-refractivity contribution in [2.75, 3.05) is 19.3 Å². The van der Waals surface area contributed by atoms with E-state index in [0.717, 1.165) is 25.9 Å². The van der Waals surface area contributed by atoms with Crippen molar-refractivity contribution < 1.29 is 24.9 Å². The molecule has 2 rings (SSSR count). The van der Waals surface area contributed by atoms with E-state index in [9.17, 15) is 20.1 Å². The van der Waals surface area contributed by atoms with E-state index >= 15 is 0 Å². The molecule has 2 saturated heterocycles. The van der Waals surface area contributed by atoms with Crippen LogP contribution >= 0.6 is 23.4 Å². The standard InChI is InChI=1S/C15H27ClN2O5S/c1-7(16)9(18-14(22)8-3-5-17-6-4-8)13-11(20)10(19)12(21)15(23-13)24-2/h7-13,15,17,19-21H,3-6H2,1-2H3,(H,18,22)/t7?,9?,10-,11+,12+,13+,15+/m0/s1. The number of aliphatic hydroxyl groups is 3. The number of piperidine rings is 1. The van der Waals surface area contributed by atoms with Crippen LogP contribution in [-0.4, -0.2) is 81.8 Å². The van der Waals surface area contributed by atoms with Gasteiger partial charge in [0.15, 0.2) is 0 Å². The Morgan fingerprint density at radius 2 is 1.88 bits per heavy atom. The van der Waals surface area contributed by atoms with Gasteiger partial charge in [0.2, 0.25) is 5.91 Å². The molecular formula is C15H27ClN2O5S. The van der Waals surface area contributed by atoms with Gasteiger partial charge in [0.1, 0.15) is 29.9 Å². The Balaban J connectivity index is 2.09. The van der Waals surface area contributed by atoms with Gasteiger partial charge in [-0.25, -0.2) is 0 Å². The van der Waals surface area contributed by atoms with Crippen LogP contribution in [0.5, 0.6) is 0 Å². The number of carbonyl (C=O) groups excluding carboxylic acids is 1. The zero-order valence-corrected chi connectivity index (χ0v) is 15.5. The van der Waals surface area contributed by atoms with Crippen LogP contribution in [0.2, 0.25) is 0 Å². The molecule has 7 atom stereocenters. The molecule has 1 amide bonds. The lowest BCUT2D eigenvalue weighted by Crippen LogP contribution is -2.64. The SMILES string of the molecule is CS[C@H]1O[C@H](C(NC(=O)C2CCNCC2)C(C)Cl)[C@H](O)[C@H](O)[C@H]1O. The third-order valence-corrected chi connectivity index (χ3v) is 5.83. The molecule has 0 aliphatic carbocycles. The zero-order valence-electron chi connectivity index (χ0n) is 13.9. The first-order valence-corrected chi connectivity index (χ1v) is 9.96. The first-order chi connectivity index (χ1) is 11.4. The van der Waals surface area contributed by atoms with Gasteiger partial charge in [-0.1, -0.05) is 0 Å². The van der Waals surface area contributed by atoms with E-state index in [-0.39, 0.29) is 11.8 Å². The van der Waals surface area contributed by atoms with E-state index in [1.54, 1.807) is 13.2 Å². The maximum Gasteiger partial charge on any atom is 0.223 e. The van der Waals surface area contributed by atoms with Gasteiger partial charge >= 0.3 is 0 Å². The fourth-order valence-electron chi connectivity index (χ4n) is 3.19. The first kappa shape index (κ1) is 20.2. The number of alkyl halides is 1. The second-order valence-electron chi connectivity index (χ2n) is 6.41. The fourth-order valence-corrected chi connectivity index (χ4v) is 4.08. The van der Waals surface area contributed by atoms with E-state index in [1.807, 2.05) is 0 Å². The summed E-state index contributed by atoms with van der Waals surface area (Å²) in [5, 5.41) is 35.9. The Kier molecular flexibility index (Phi) is 7.60. The maximum atomic E-state index is 12.5. The number of aliphatic hydroxyl groups excluding tert-OH is 3. The molecule has 0 saturated carbocycles. The van der Waals surface area contributed by atoms with Gasteiger partial charge in [-0.2, -0.15) is 0 Å². The van der Waals surface area contributed by atoms with Crippen molar-refractivity contribution in [1.29, 1.82) is 0 Å². The predicted octanol–water partition coefficient (Wildman–Crippen LogP) is -0.731. The maximum absolute atomic E-state index is 12.5. The number of ether oxygens (including phenoxy) is 1. The highest BCUT2D eigenvalue weighted by Crippen LogP contribution is 2.30. The molecule has 0 bridgehead atoms. The number of hydrogen-bond donors (Lipinski definition) is 5. The van der Waals surface area contributed by atoms with Gasteiger partial charge in [0.25, 0.3) is 0 Å². The average Bonchev–Trinajstić information content (AvgIpc) is 2.59. The molecule has 2 unspecified atom stereocenters. The molecule has 2 fully saturated rings. The van der Waals surface area contributed by atoms with E-state index in [0.29, 0.717) is 0 Å². The number of thioether (sulfide) groups is 1. The minimum Gasteiger partial charge on any atom is -0.388 e. The lowest BCUT2D eigenvalue weighted by Gasteiger charge is -2.44. The molecule has 0 spiro atoms. The van der Waals surface area contributed by atoms with Gasteiger partial charge in [0, 0.05) is 5.92 Å². The van der Waals surface area contributed by atoms with E-state index < -0.39 is 41.3 Å². The molecule has 7 nitrogen and oxygen atoms in total. The topological polar surface area (TPSA) is 111 Å².